The molecule has 3 N–H and O–H groups in total. The quantitative estimate of drug-likeness (QED) is 0.843. The molecule has 1 rings (SSSR count). The Labute approximate surface area is 91.7 Å². The van der Waals surface area contributed by atoms with Gasteiger partial charge in [-0.15, -0.1) is 0 Å². The summed E-state index contributed by atoms with van der Waals surface area (Å²) >= 11 is 5.79. The number of nitrogens with two attached hydrogens (primary N) is 1. The van der Waals surface area contributed by atoms with E-state index in [0.717, 1.165) is 0 Å². The Bertz CT molecular complexity index is 333. The average molecular weight is 236 g/mol. The molecule has 15 heavy (non-hydrogen) atoms. The second-order valence-electron chi connectivity index (χ2n) is 3.17. The summed E-state index contributed by atoms with van der Waals surface area (Å²) in [5.74, 6) is 0. The summed E-state index contributed by atoms with van der Waals surface area (Å²) in [7, 11) is 0. The molecule has 1 atom stereocenters. The van der Waals surface area contributed by atoms with Crippen molar-refractivity contribution in [2.24, 2.45) is 5.73 Å². The summed E-state index contributed by atoms with van der Waals surface area (Å²) in [4.78, 5) is 0. The lowest BCUT2D eigenvalue weighted by Crippen LogP contribution is -2.07. The van der Waals surface area contributed by atoms with Gasteiger partial charge in [0.15, 0.2) is 0 Å². The van der Waals surface area contributed by atoms with Crippen LogP contribution in [0.25, 0.3) is 0 Å². The zero-order chi connectivity index (χ0) is 11.4. The fourth-order valence-corrected chi connectivity index (χ4v) is 1.51. The van der Waals surface area contributed by atoms with Crippen LogP contribution in [0.2, 0.25) is 5.02 Å². The van der Waals surface area contributed by atoms with E-state index in [4.69, 9.17) is 17.3 Å². The lowest BCUT2D eigenvalue weighted by atomic mass is 10.0. The van der Waals surface area contributed by atoms with Crippen molar-refractivity contribution in [1.82, 2.24) is 0 Å². The molecule has 0 radical (unpaired) electrons. The first-order chi connectivity index (χ1) is 7.06. The minimum absolute atomic E-state index is 0.148. The van der Waals surface area contributed by atoms with Gasteiger partial charge in [0.1, 0.15) is 0 Å². The van der Waals surface area contributed by atoms with Crippen LogP contribution in [0.5, 0.6) is 0 Å². The minimum atomic E-state index is -2.56. The summed E-state index contributed by atoms with van der Waals surface area (Å²) in [6.07, 6.45) is -3.15. The molecule has 0 bridgehead atoms. The topological polar surface area (TPSA) is 46.2 Å². The predicted molar refractivity (Wildman–Crippen MR) is 55.0 cm³/mol. The number of halogens is 3. The summed E-state index contributed by atoms with van der Waals surface area (Å²) in [5, 5.41) is 9.88. The first-order valence-electron chi connectivity index (χ1n) is 4.52. The number of alkyl halides is 2. The van der Waals surface area contributed by atoms with Crippen molar-refractivity contribution in [2.45, 2.75) is 19.0 Å². The van der Waals surface area contributed by atoms with Gasteiger partial charge < -0.3 is 10.8 Å². The minimum Gasteiger partial charge on any atom is -0.388 e. The van der Waals surface area contributed by atoms with Crippen LogP contribution in [0.3, 0.4) is 0 Å². The highest BCUT2D eigenvalue weighted by molar-refractivity contribution is 6.31. The van der Waals surface area contributed by atoms with Gasteiger partial charge >= 0.3 is 0 Å². The van der Waals surface area contributed by atoms with E-state index in [1.54, 1.807) is 0 Å². The number of hydrogen-bond acceptors (Lipinski definition) is 2. The van der Waals surface area contributed by atoms with Gasteiger partial charge in [-0.25, -0.2) is 8.78 Å². The molecule has 1 aromatic carbocycles. The maximum absolute atomic E-state index is 12.4. The number of aliphatic hydroxyl groups excluding tert-OH is 1. The Morgan fingerprint density at radius 2 is 2.07 bits per heavy atom. The highest BCUT2D eigenvalue weighted by atomic mass is 35.5. The highest BCUT2D eigenvalue weighted by Gasteiger charge is 2.14. The number of rotatable bonds is 4. The Morgan fingerprint density at radius 3 is 2.60 bits per heavy atom. The van der Waals surface area contributed by atoms with E-state index < -0.39 is 12.5 Å². The molecule has 0 spiro atoms. The van der Waals surface area contributed by atoms with Crippen molar-refractivity contribution in [3.63, 3.8) is 0 Å². The molecule has 0 saturated carbocycles. The summed E-state index contributed by atoms with van der Waals surface area (Å²) in [5.41, 5.74) is 5.42. The summed E-state index contributed by atoms with van der Waals surface area (Å²) in [6, 6.07) is 3.82. The molecule has 84 valence electrons. The smallest absolute Gasteiger partial charge is 0.263 e. The molecule has 0 heterocycles. The molecular formula is C10H12ClF2NO. The van der Waals surface area contributed by atoms with Gasteiger partial charge in [-0.3, -0.25) is 0 Å². The van der Waals surface area contributed by atoms with E-state index in [-0.39, 0.29) is 17.1 Å². The molecular weight excluding hydrogens is 224 g/mol. The van der Waals surface area contributed by atoms with E-state index in [1.165, 1.54) is 18.2 Å². The summed E-state index contributed by atoms with van der Waals surface area (Å²) < 4.78 is 24.8. The van der Waals surface area contributed by atoms with Crippen LogP contribution >= 0.6 is 11.6 Å². The van der Waals surface area contributed by atoms with Gasteiger partial charge in [-0.05, 0) is 30.7 Å². The molecule has 0 fully saturated rings. The lowest BCUT2D eigenvalue weighted by molar-refractivity contribution is 0.149. The van der Waals surface area contributed by atoms with Gasteiger partial charge in [-0.1, -0.05) is 17.7 Å². The fraction of sp³-hybridized carbons (Fsp3) is 0.400. The largest absolute Gasteiger partial charge is 0.388 e. The lowest BCUT2D eigenvalue weighted by Gasteiger charge is -2.13. The number of benzene rings is 1. The Kier molecular flexibility index (Phi) is 4.45. The maximum atomic E-state index is 12.4. The SMILES string of the molecule is NCCC(O)c1cc(C(F)F)ccc1Cl. The van der Waals surface area contributed by atoms with Crippen LogP contribution in [0, 0.1) is 0 Å². The molecule has 5 heteroatoms. The van der Waals surface area contributed by atoms with Crippen molar-refractivity contribution in [3.05, 3.63) is 34.3 Å². The molecule has 0 aliphatic carbocycles. The van der Waals surface area contributed by atoms with E-state index in [1.807, 2.05) is 0 Å². The van der Waals surface area contributed by atoms with Gasteiger partial charge in [0.2, 0.25) is 0 Å². The van der Waals surface area contributed by atoms with Crippen LogP contribution < -0.4 is 5.73 Å². The number of hydrogen-bond donors (Lipinski definition) is 2. The zero-order valence-corrected chi connectivity index (χ0v) is 8.72. The molecule has 0 aliphatic rings. The monoisotopic (exact) mass is 235 g/mol. The molecule has 0 aliphatic heterocycles. The van der Waals surface area contributed by atoms with Crippen molar-refractivity contribution >= 4 is 11.6 Å². The third kappa shape index (κ3) is 3.12. The van der Waals surface area contributed by atoms with Crippen LogP contribution in [0.1, 0.15) is 30.1 Å². The van der Waals surface area contributed by atoms with Crippen LogP contribution in [-0.2, 0) is 0 Å². The van der Waals surface area contributed by atoms with E-state index in [2.05, 4.69) is 0 Å². The Hall–Kier alpha value is -0.710. The third-order valence-corrected chi connectivity index (χ3v) is 2.42. The van der Waals surface area contributed by atoms with Gasteiger partial charge in [0, 0.05) is 10.6 Å². The fourth-order valence-electron chi connectivity index (χ4n) is 1.27. The first-order valence-corrected chi connectivity index (χ1v) is 4.89. The molecule has 2 nitrogen and oxygen atoms in total. The standard InChI is InChI=1S/C10H12ClF2NO/c11-8-2-1-6(10(12)13)5-7(8)9(15)3-4-14/h1-2,5,9-10,15H,3-4,14H2. The van der Waals surface area contributed by atoms with Crippen molar-refractivity contribution in [1.29, 1.82) is 0 Å². The third-order valence-electron chi connectivity index (χ3n) is 2.07. The molecule has 1 aromatic rings. The van der Waals surface area contributed by atoms with Crippen molar-refractivity contribution in [2.75, 3.05) is 6.54 Å². The molecule has 1 unspecified atom stereocenters. The number of aliphatic hydroxyl groups is 1. The molecule has 0 aromatic heterocycles. The normalized spacial score (nSPS) is 13.2. The Morgan fingerprint density at radius 1 is 1.40 bits per heavy atom. The summed E-state index contributed by atoms with van der Waals surface area (Å²) in [6.45, 7) is 0.274. The zero-order valence-electron chi connectivity index (χ0n) is 7.96. The van der Waals surface area contributed by atoms with Crippen LogP contribution in [0.4, 0.5) is 8.78 Å². The van der Waals surface area contributed by atoms with Crippen LogP contribution in [-0.4, -0.2) is 11.7 Å². The van der Waals surface area contributed by atoms with Crippen LogP contribution in [0.15, 0.2) is 18.2 Å². The predicted octanol–water partition coefficient (Wildman–Crippen LogP) is 2.66. The second kappa shape index (κ2) is 5.39. The van der Waals surface area contributed by atoms with E-state index in [0.29, 0.717) is 12.0 Å². The van der Waals surface area contributed by atoms with Crippen molar-refractivity contribution in [3.8, 4) is 0 Å². The Balaban J connectivity index is 2.99. The van der Waals surface area contributed by atoms with E-state index in [9.17, 15) is 13.9 Å². The maximum Gasteiger partial charge on any atom is 0.263 e. The average Bonchev–Trinajstić information content (AvgIpc) is 2.18. The highest BCUT2D eigenvalue weighted by Crippen LogP contribution is 2.29. The molecule has 0 amide bonds. The second-order valence-corrected chi connectivity index (χ2v) is 3.58. The van der Waals surface area contributed by atoms with E-state index >= 15 is 0 Å². The van der Waals surface area contributed by atoms with Gasteiger partial charge in [0.25, 0.3) is 6.43 Å². The van der Waals surface area contributed by atoms with Gasteiger partial charge in [-0.2, -0.15) is 0 Å². The molecule has 0 saturated heterocycles. The first kappa shape index (κ1) is 12.4. The van der Waals surface area contributed by atoms with Crippen molar-refractivity contribution < 1.29 is 13.9 Å². The van der Waals surface area contributed by atoms with Gasteiger partial charge in [0.05, 0.1) is 6.10 Å².